The van der Waals surface area contributed by atoms with Crippen molar-refractivity contribution in [2.45, 2.75) is 57.9 Å². The number of aliphatic hydroxyl groups excluding tert-OH is 1. The number of carbonyl (C=O) groups is 2. The fourth-order valence-electron chi connectivity index (χ4n) is 4.41. The summed E-state index contributed by atoms with van der Waals surface area (Å²) < 4.78 is 0. The van der Waals surface area contributed by atoms with Gasteiger partial charge in [0, 0.05) is 17.9 Å². The number of rotatable bonds is 8. The highest BCUT2D eigenvalue weighted by molar-refractivity contribution is 7.80. The average molecular weight is 438 g/mol. The van der Waals surface area contributed by atoms with Crippen molar-refractivity contribution in [3.8, 4) is 0 Å². The molecule has 0 saturated carbocycles. The number of hydrogen-bond acceptors (Lipinski definition) is 3. The van der Waals surface area contributed by atoms with Gasteiger partial charge in [-0.2, -0.15) is 0 Å². The van der Waals surface area contributed by atoms with Gasteiger partial charge in [0.2, 0.25) is 5.78 Å². The van der Waals surface area contributed by atoms with E-state index in [1.54, 1.807) is 18.7 Å². The van der Waals surface area contributed by atoms with E-state index in [1.807, 2.05) is 43.3 Å². The van der Waals surface area contributed by atoms with Crippen molar-refractivity contribution in [1.82, 2.24) is 4.90 Å². The third-order valence-electron chi connectivity index (χ3n) is 6.77. The maximum absolute atomic E-state index is 13.3. The molecule has 0 spiro atoms. The van der Waals surface area contributed by atoms with Crippen LogP contribution in [0.4, 0.5) is 0 Å². The molecule has 2 aromatic carbocycles. The first kappa shape index (κ1) is 23.1. The number of likely N-dealkylation sites (tertiary alicyclic amines) is 1. The maximum Gasteiger partial charge on any atom is 0.291 e. The Kier molecular flexibility index (Phi) is 6.95. The molecular formula is C26H31NO3S. The summed E-state index contributed by atoms with van der Waals surface area (Å²) in [4.78, 5) is 27.9. The number of ketones is 1. The molecule has 0 radical (unpaired) electrons. The number of Topliss-reactive ketones (excluding diaryl/α,β-unsaturated/α-hetero) is 1. The number of aliphatic hydroxyl groups is 1. The predicted octanol–water partition coefficient (Wildman–Crippen LogP) is 5.46. The quantitative estimate of drug-likeness (QED) is 0.440. The standard InChI is InChI=1S/C26H31NO3S/c1-4-25(2,3)22(28)23(29)27-17-11-16-26(27,24(30)31)18-21(19-12-7-5-8-13-19)20-14-9-6-10-15-20/h5-10,12-15,21H,4,11,16-18H2,1-3H3,(H,30,31)/t26-/m0/s1. The van der Waals surface area contributed by atoms with Crippen LogP contribution >= 0.6 is 12.2 Å². The topological polar surface area (TPSA) is 57.6 Å². The molecule has 2 aromatic rings. The van der Waals surface area contributed by atoms with Gasteiger partial charge in [0.1, 0.15) is 5.54 Å². The lowest BCUT2D eigenvalue weighted by atomic mass is 9.78. The van der Waals surface area contributed by atoms with Crippen LogP contribution in [0.5, 0.6) is 0 Å². The van der Waals surface area contributed by atoms with Gasteiger partial charge in [-0.1, -0.05) is 81.4 Å². The fraction of sp³-hybridized carbons (Fsp3) is 0.423. The number of hydrogen-bond donors (Lipinski definition) is 1. The maximum atomic E-state index is 13.3. The lowest BCUT2D eigenvalue weighted by Crippen LogP contribution is -2.56. The van der Waals surface area contributed by atoms with Gasteiger partial charge in [0.25, 0.3) is 5.91 Å². The van der Waals surface area contributed by atoms with Crippen LogP contribution in [0, 0.1) is 5.41 Å². The van der Waals surface area contributed by atoms with Crippen LogP contribution in [-0.4, -0.2) is 38.8 Å². The van der Waals surface area contributed by atoms with Crippen molar-refractivity contribution in [2.75, 3.05) is 6.54 Å². The first-order valence-corrected chi connectivity index (χ1v) is 11.3. The van der Waals surface area contributed by atoms with Crippen molar-refractivity contribution in [3.63, 3.8) is 0 Å². The van der Waals surface area contributed by atoms with E-state index in [4.69, 9.17) is 12.2 Å². The molecule has 4 nitrogen and oxygen atoms in total. The Bertz CT molecular complexity index is 902. The van der Waals surface area contributed by atoms with Crippen LogP contribution in [0.25, 0.3) is 0 Å². The van der Waals surface area contributed by atoms with Gasteiger partial charge in [-0.15, -0.1) is 0 Å². The highest BCUT2D eigenvalue weighted by Gasteiger charge is 2.51. The molecule has 0 aliphatic carbocycles. The minimum atomic E-state index is -1.04. The third kappa shape index (κ3) is 4.57. The van der Waals surface area contributed by atoms with Crippen LogP contribution in [0.2, 0.25) is 0 Å². The molecule has 1 heterocycles. The van der Waals surface area contributed by atoms with Crippen molar-refractivity contribution in [1.29, 1.82) is 0 Å². The molecule has 1 saturated heterocycles. The van der Waals surface area contributed by atoms with Crippen LogP contribution in [0.1, 0.15) is 63.5 Å². The van der Waals surface area contributed by atoms with E-state index in [0.29, 0.717) is 32.2 Å². The van der Waals surface area contributed by atoms with Crippen LogP contribution < -0.4 is 0 Å². The van der Waals surface area contributed by atoms with Crippen molar-refractivity contribution < 1.29 is 14.7 Å². The second kappa shape index (κ2) is 9.31. The van der Waals surface area contributed by atoms with Gasteiger partial charge in [-0.25, -0.2) is 0 Å². The smallest absolute Gasteiger partial charge is 0.291 e. The molecule has 5 heteroatoms. The van der Waals surface area contributed by atoms with Crippen molar-refractivity contribution >= 4 is 29.0 Å². The first-order valence-electron chi connectivity index (χ1n) is 10.9. The SMILES string of the molecule is CCC(C)(C)C(=O)C(=O)N1CCC[C@]1(CC(c1ccccc1)c1ccccc1)C(O)=S. The molecule has 1 aliphatic rings. The molecule has 0 unspecified atom stereocenters. The summed E-state index contributed by atoms with van der Waals surface area (Å²) in [7, 11) is 0. The van der Waals surface area contributed by atoms with Gasteiger partial charge in [0.15, 0.2) is 5.05 Å². The zero-order valence-electron chi connectivity index (χ0n) is 18.5. The Morgan fingerprint density at radius 1 is 1.06 bits per heavy atom. The summed E-state index contributed by atoms with van der Waals surface area (Å²) in [6.07, 6.45) is 2.24. The normalized spacial score (nSPS) is 18.9. The van der Waals surface area contributed by atoms with E-state index >= 15 is 0 Å². The lowest BCUT2D eigenvalue weighted by Gasteiger charge is -2.40. The predicted molar refractivity (Wildman–Crippen MR) is 127 cm³/mol. The zero-order valence-corrected chi connectivity index (χ0v) is 19.3. The summed E-state index contributed by atoms with van der Waals surface area (Å²) in [6, 6.07) is 20.1. The second-order valence-electron chi connectivity index (χ2n) is 9.04. The van der Waals surface area contributed by atoms with Gasteiger partial charge in [-0.3, -0.25) is 9.59 Å². The number of amides is 1. The molecule has 1 fully saturated rings. The molecule has 1 amide bonds. The minimum absolute atomic E-state index is 0.0739. The molecule has 0 aromatic heterocycles. The van der Waals surface area contributed by atoms with E-state index < -0.39 is 22.6 Å². The average Bonchev–Trinajstić information content (AvgIpc) is 3.22. The first-order chi connectivity index (χ1) is 14.7. The highest BCUT2D eigenvalue weighted by Crippen LogP contribution is 2.42. The van der Waals surface area contributed by atoms with E-state index in [0.717, 1.165) is 11.1 Å². The summed E-state index contributed by atoms with van der Waals surface area (Å²) >= 11 is 5.34. The number of thiocarbonyl (C=S) groups is 1. The molecule has 1 aliphatic heterocycles. The van der Waals surface area contributed by atoms with E-state index in [9.17, 15) is 14.7 Å². The molecule has 1 N–H and O–H groups in total. The molecule has 1 atom stereocenters. The molecular weight excluding hydrogens is 406 g/mol. The van der Waals surface area contributed by atoms with Crippen molar-refractivity contribution in [3.05, 3.63) is 71.8 Å². The number of nitrogens with zero attached hydrogens (tertiary/aromatic N) is 1. The van der Waals surface area contributed by atoms with E-state index in [2.05, 4.69) is 24.3 Å². The third-order valence-corrected chi connectivity index (χ3v) is 7.15. The van der Waals surface area contributed by atoms with E-state index in [-0.39, 0.29) is 11.0 Å². The van der Waals surface area contributed by atoms with E-state index in [1.165, 1.54) is 0 Å². The second-order valence-corrected chi connectivity index (χ2v) is 9.43. The number of carbonyl (C=O) groups excluding carboxylic acids is 2. The molecule has 3 rings (SSSR count). The van der Waals surface area contributed by atoms with Crippen LogP contribution in [0.15, 0.2) is 60.7 Å². The minimum Gasteiger partial charge on any atom is -0.500 e. The Hall–Kier alpha value is -2.53. The van der Waals surface area contributed by atoms with Gasteiger partial charge in [-0.05, 0) is 49.0 Å². The Morgan fingerprint density at radius 2 is 1.58 bits per heavy atom. The Balaban J connectivity index is 2.03. The summed E-state index contributed by atoms with van der Waals surface area (Å²) in [5.41, 5.74) is 0.385. The van der Waals surface area contributed by atoms with Gasteiger partial charge < -0.3 is 10.0 Å². The molecule has 31 heavy (non-hydrogen) atoms. The van der Waals surface area contributed by atoms with Gasteiger partial charge in [0.05, 0.1) is 0 Å². The summed E-state index contributed by atoms with van der Waals surface area (Å²) in [5, 5.41) is 10.5. The summed E-state index contributed by atoms with van der Waals surface area (Å²) in [5.74, 6) is -1.04. The molecule has 164 valence electrons. The Labute approximate surface area is 190 Å². The van der Waals surface area contributed by atoms with Crippen LogP contribution in [0.3, 0.4) is 0 Å². The van der Waals surface area contributed by atoms with Crippen LogP contribution in [-0.2, 0) is 9.59 Å². The monoisotopic (exact) mass is 437 g/mol. The van der Waals surface area contributed by atoms with Gasteiger partial charge >= 0.3 is 0 Å². The summed E-state index contributed by atoms with van der Waals surface area (Å²) in [6.45, 7) is 5.90. The number of benzene rings is 2. The zero-order chi connectivity index (χ0) is 22.6. The van der Waals surface area contributed by atoms with Crippen molar-refractivity contribution in [2.24, 2.45) is 5.41 Å². The lowest BCUT2D eigenvalue weighted by molar-refractivity contribution is -0.151. The molecule has 0 bridgehead atoms. The fourth-order valence-corrected chi connectivity index (χ4v) is 4.70. The Morgan fingerprint density at radius 3 is 2.03 bits per heavy atom. The largest absolute Gasteiger partial charge is 0.500 e. The highest BCUT2D eigenvalue weighted by atomic mass is 32.1.